The molecule has 1 heterocycles. The van der Waals surface area contributed by atoms with Crippen molar-refractivity contribution in [2.24, 2.45) is 0 Å². The van der Waals surface area contributed by atoms with E-state index in [4.69, 9.17) is 9.84 Å². The number of hydrogen-bond acceptors (Lipinski definition) is 4. The number of rotatable bonds is 10. The van der Waals surface area contributed by atoms with Crippen molar-refractivity contribution in [2.75, 3.05) is 19.8 Å². The zero-order valence-electron chi connectivity index (χ0n) is 14.7. The van der Waals surface area contributed by atoms with E-state index in [0.29, 0.717) is 26.0 Å². The molecule has 0 aromatic heterocycles. The van der Waals surface area contributed by atoms with Gasteiger partial charge in [-0.05, 0) is 30.5 Å². The number of amides is 1. The molecule has 2 rings (SSSR count). The lowest BCUT2D eigenvalue weighted by atomic mass is 10.1. The van der Waals surface area contributed by atoms with Gasteiger partial charge in [-0.15, -0.1) is 6.58 Å². The van der Waals surface area contributed by atoms with Crippen molar-refractivity contribution in [2.45, 2.75) is 31.4 Å². The zero-order chi connectivity index (χ0) is 18.9. The van der Waals surface area contributed by atoms with Gasteiger partial charge >= 0.3 is 5.97 Å². The first-order valence-corrected chi connectivity index (χ1v) is 8.68. The molecular weight excluding hydrogens is 334 g/mol. The van der Waals surface area contributed by atoms with Gasteiger partial charge in [-0.2, -0.15) is 0 Å². The second kappa shape index (κ2) is 9.89. The fourth-order valence-corrected chi connectivity index (χ4v) is 2.89. The molecule has 0 aliphatic carbocycles. The van der Waals surface area contributed by atoms with E-state index >= 15 is 0 Å². The van der Waals surface area contributed by atoms with Crippen LogP contribution >= 0.6 is 0 Å². The Morgan fingerprint density at radius 2 is 2.12 bits per heavy atom. The van der Waals surface area contributed by atoms with Crippen LogP contribution in [0.3, 0.4) is 0 Å². The first-order valence-electron chi connectivity index (χ1n) is 8.68. The number of likely N-dealkylation sites (tertiary alicyclic amines) is 1. The van der Waals surface area contributed by atoms with Crippen molar-refractivity contribution in [3.05, 3.63) is 60.2 Å². The number of carbonyl (C=O) groups is 2. The van der Waals surface area contributed by atoms with Crippen LogP contribution in [0.4, 0.5) is 0 Å². The molecule has 0 bridgehead atoms. The number of benzene rings is 1. The summed E-state index contributed by atoms with van der Waals surface area (Å²) in [5.74, 6) is -0.855. The molecule has 1 aliphatic heterocycles. The minimum absolute atomic E-state index is 0.0325. The predicted molar refractivity (Wildman–Crippen MR) is 98.0 cm³/mol. The second-order valence-corrected chi connectivity index (χ2v) is 6.22. The number of aromatic carboxylic acids is 1. The molecule has 6 nitrogen and oxygen atoms in total. The number of aliphatic hydroxyl groups excluding tert-OH is 1. The van der Waals surface area contributed by atoms with Crippen molar-refractivity contribution < 1.29 is 24.5 Å². The first-order chi connectivity index (χ1) is 12.5. The van der Waals surface area contributed by atoms with Gasteiger partial charge in [0.25, 0.3) is 0 Å². The number of nitrogens with zero attached hydrogens (tertiary/aromatic N) is 1. The second-order valence-electron chi connectivity index (χ2n) is 6.22. The van der Waals surface area contributed by atoms with E-state index in [9.17, 15) is 14.7 Å². The Bertz CT molecular complexity index is 653. The molecule has 2 atom stereocenters. The summed E-state index contributed by atoms with van der Waals surface area (Å²) < 4.78 is 5.20. The SMILES string of the molecule is C=CCOC[C@H](O)/C=C/[C@H]1CCC(=O)N1CCc1ccc(C(=O)O)cc1. The Morgan fingerprint density at radius 1 is 1.38 bits per heavy atom. The summed E-state index contributed by atoms with van der Waals surface area (Å²) in [4.78, 5) is 24.8. The summed E-state index contributed by atoms with van der Waals surface area (Å²) in [5, 5.41) is 18.8. The van der Waals surface area contributed by atoms with Crippen molar-refractivity contribution in [3.8, 4) is 0 Å². The van der Waals surface area contributed by atoms with Crippen LogP contribution < -0.4 is 0 Å². The molecule has 0 unspecified atom stereocenters. The number of ether oxygens (including phenoxy) is 1. The van der Waals surface area contributed by atoms with Gasteiger partial charge in [0.1, 0.15) is 0 Å². The molecule has 1 aromatic carbocycles. The molecule has 2 N–H and O–H groups in total. The van der Waals surface area contributed by atoms with Gasteiger partial charge in [-0.1, -0.05) is 30.4 Å². The predicted octanol–water partition coefficient (Wildman–Crippen LogP) is 2.04. The number of carboxylic acid groups (broad SMARTS) is 1. The molecular formula is C20H25NO5. The number of aliphatic hydroxyl groups is 1. The average Bonchev–Trinajstić information content (AvgIpc) is 2.98. The van der Waals surface area contributed by atoms with E-state index in [1.54, 1.807) is 41.3 Å². The standard InChI is InChI=1S/C20H25NO5/c1-2-13-26-14-18(22)9-7-17-8-10-19(23)21(17)12-11-15-3-5-16(6-4-15)20(24)25/h2-7,9,17-18,22H,1,8,10-14H2,(H,24,25)/b9-7+/t17-,18+/m0/s1. The number of carboxylic acids is 1. The molecule has 140 valence electrons. The van der Waals surface area contributed by atoms with Gasteiger partial charge in [0, 0.05) is 13.0 Å². The van der Waals surface area contributed by atoms with Gasteiger partial charge < -0.3 is 19.8 Å². The quantitative estimate of drug-likeness (QED) is 0.493. The molecule has 0 spiro atoms. The minimum atomic E-state index is -0.952. The van der Waals surface area contributed by atoms with E-state index in [1.165, 1.54) is 0 Å². The first kappa shape index (κ1) is 19.9. The summed E-state index contributed by atoms with van der Waals surface area (Å²) in [7, 11) is 0. The molecule has 1 aliphatic rings. The number of carbonyl (C=O) groups excluding carboxylic acids is 1. The lowest BCUT2D eigenvalue weighted by molar-refractivity contribution is -0.128. The zero-order valence-corrected chi connectivity index (χ0v) is 14.7. The lowest BCUT2D eigenvalue weighted by Crippen LogP contribution is -2.33. The molecule has 1 fully saturated rings. The van der Waals surface area contributed by atoms with Crippen LogP contribution in [0.1, 0.15) is 28.8 Å². The van der Waals surface area contributed by atoms with E-state index < -0.39 is 12.1 Å². The molecule has 0 saturated carbocycles. The number of hydrogen-bond donors (Lipinski definition) is 2. The van der Waals surface area contributed by atoms with Crippen LogP contribution in [0, 0.1) is 0 Å². The third-order valence-electron chi connectivity index (χ3n) is 4.30. The molecule has 1 aromatic rings. The highest BCUT2D eigenvalue weighted by molar-refractivity contribution is 5.87. The highest BCUT2D eigenvalue weighted by Crippen LogP contribution is 2.20. The molecule has 1 amide bonds. The molecule has 6 heteroatoms. The highest BCUT2D eigenvalue weighted by Gasteiger charge is 2.28. The summed E-state index contributed by atoms with van der Waals surface area (Å²) in [6.45, 7) is 4.69. The third-order valence-corrected chi connectivity index (χ3v) is 4.30. The topological polar surface area (TPSA) is 87.1 Å². The maximum Gasteiger partial charge on any atom is 0.335 e. The van der Waals surface area contributed by atoms with Gasteiger partial charge in [-0.25, -0.2) is 4.79 Å². The van der Waals surface area contributed by atoms with Gasteiger partial charge in [0.05, 0.1) is 30.9 Å². The Balaban J connectivity index is 1.88. The van der Waals surface area contributed by atoms with Crippen LogP contribution in [-0.2, 0) is 16.0 Å². The Kier molecular flexibility index (Phi) is 7.56. The van der Waals surface area contributed by atoms with E-state index in [0.717, 1.165) is 12.0 Å². The minimum Gasteiger partial charge on any atom is -0.478 e. The monoisotopic (exact) mass is 359 g/mol. The maximum absolute atomic E-state index is 12.1. The van der Waals surface area contributed by atoms with Gasteiger partial charge in [-0.3, -0.25) is 4.79 Å². The maximum atomic E-state index is 12.1. The summed E-state index contributed by atoms with van der Waals surface area (Å²) in [6.07, 6.45) is 6.32. The van der Waals surface area contributed by atoms with Crippen LogP contribution in [0.25, 0.3) is 0 Å². The summed E-state index contributed by atoms with van der Waals surface area (Å²) >= 11 is 0. The van der Waals surface area contributed by atoms with Crippen LogP contribution in [0.2, 0.25) is 0 Å². The van der Waals surface area contributed by atoms with Crippen molar-refractivity contribution in [3.63, 3.8) is 0 Å². The lowest BCUT2D eigenvalue weighted by Gasteiger charge is -2.22. The van der Waals surface area contributed by atoms with Crippen LogP contribution in [0.5, 0.6) is 0 Å². The molecule has 0 radical (unpaired) electrons. The Hall–Kier alpha value is -2.44. The fraction of sp³-hybridized carbons (Fsp3) is 0.400. The normalized spacial score (nSPS) is 18.4. The van der Waals surface area contributed by atoms with Crippen molar-refractivity contribution in [1.82, 2.24) is 4.90 Å². The largest absolute Gasteiger partial charge is 0.478 e. The van der Waals surface area contributed by atoms with Crippen LogP contribution in [0.15, 0.2) is 49.1 Å². The Morgan fingerprint density at radius 3 is 2.77 bits per heavy atom. The summed E-state index contributed by atoms with van der Waals surface area (Å²) in [6, 6.07) is 6.65. The van der Waals surface area contributed by atoms with Gasteiger partial charge in [0.15, 0.2) is 0 Å². The van der Waals surface area contributed by atoms with Crippen LogP contribution in [-0.4, -0.2) is 58.9 Å². The molecule has 26 heavy (non-hydrogen) atoms. The summed E-state index contributed by atoms with van der Waals surface area (Å²) in [5.41, 5.74) is 1.23. The fourth-order valence-electron chi connectivity index (χ4n) is 2.89. The smallest absolute Gasteiger partial charge is 0.335 e. The third kappa shape index (κ3) is 5.82. The van der Waals surface area contributed by atoms with Gasteiger partial charge in [0.2, 0.25) is 5.91 Å². The van der Waals surface area contributed by atoms with E-state index in [2.05, 4.69) is 6.58 Å². The van der Waals surface area contributed by atoms with E-state index in [-0.39, 0.29) is 24.1 Å². The highest BCUT2D eigenvalue weighted by atomic mass is 16.5. The van der Waals surface area contributed by atoms with Crippen molar-refractivity contribution >= 4 is 11.9 Å². The van der Waals surface area contributed by atoms with E-state index in [1.807, 2.05) is 6.08 Å². The van der Waals surface area contributed by atoms with Crippen molar-refractivity contribution in [1.29, 1.82) is 0 Å². The Labute approximate surface area is 153 Å². The molecule has 1 saturated heterocycles. The average molecular weight is 359 g/mol.